The number of aromatic nitrogens is 2. The maximum absolute atomic E-state index is 13.7. The molecule has 0 radical (unpaired) electrons. The second-order valence-electron chi connectivity index (χ2n) is 6.01. The monoisotopic (exact) mass is 303 g/mol. The average Bonchev–Trinajstić information content (AvgIpc) is 3.02. The van der Waals surface area contributed by atoms with E-state index in [1.54, 1.807) is 24.4 Å². The van der Waals surface area contributed by atoms with E-state index < -0.39 is 6.10 Å². The number of hydrogen-bond donors (Lipinski definition) is 1. The summed E-state index contributed by atoms with van der Waals surface area (Å²) in [7, 11) is 0. The van der Waals surface area contributed by atoms with Crippen molar-refractivity contribution >= 4 is 0 Å². The van der Waals surface area contributed by atoms with Crippen molar-refractivity contribution in [3.63, 3.8) is 0 Å². The molecule has 3 rings (SSSR count). The minimum absolute atomic E-state index is 0.330. The van der Waals surface area contributed by atoms with Crippen molar-refractivity contribution in [3.8, 4) is 0 Å². The molecule has 2 heterocycles. The molecule has 1 fully saturated rings. The van der Waals surface area contributed by atoms with E-state index in [0.29, 0.717) is 18.0 Å². The van der Waals surface area contributed by atoms with Crippen molar-refractivity contribution < 1.29 is 9.50 Å². The van der Waals surface area contributed by atoms with Gasteiger partial charge in [0.25, 0.3) is 0 Å². The highest BCUT2D eigenvalue weighted by Gasteiger charge is 2.22. The van der Waals surface area contributed by atoms with Gasteiger partial charge in [0, 0.05) is 31.0 Å². The van der Waals surface area contributed by atoms with Crippen LogP contribution in [-0.2, 0) is 6.54 Å². The normalized spacial score (nSPS) is 18.5. The van der Waals surface area contributed by atoms with E-state index in [9.17, 15) is 9.50 Å². The summed E-state index contributed by atoms with van der Waals surface area (Å²) in [5.41, 5.74) is 0.390. The van der Waals surface area contributed by atoms with Gasteiger partial charge in [-0.1, -0.05) is 18.2 Å². The molecule has 1 aliphatic rings. The van der Waals surface area contributed by atoms with Gasteiger partial charge < -0.3 is 10.0 Å². The number of benzene rings is 1. The largest absolute Gasteiger partial charge is 0.387 e. The van der Waals surface area contributed by atoms with E-state index in [1.165, 1.54) is 6.07 Å². The molecule has 1 aromatic heterocycles. The Bertz CT molecular complexity index is 579. The number of halogens is 1. The van der Waals surface area contributed by atoms with Crippen molar-refractivity contribution in [1.29, 1.82) is 0 Å². The molecule has 0 bridgehead atoms. The van der Waals surface area contributed by atoms with Gasteiger partial charge in [-0.05, 0) is 44.0 Å². The standard InChI is InChI=1S/C17H22FN3O/c18-16-5-2-1-4-15(16)17(22)13-20-10-6-14(7-11-20)12-21-9-3-8-19-21/h1-5,8-9,14,17,22H,6-7,10-13H2. The maximum atomic E-state index is 13.7. The second kappa shape index (κ2) is 7.03. The fourth-order valence-electron chi connectivity index (χ4n) is 3.11. The van der Waals surface area contributed by atoms with Gasteiger partial charge in [0.1, 0.15) is 5.82 Å². The highest BCUT2D eigenvalue weighted by Crippen LogP contribution is 2.23. The van der Waals surface area contributed by atoms with E-state index in [2.05, 4.69) is 10.00 Å². The summed E-state index contributed by atoms with van der Waals surface area (Å²) in [6.45, 7) is 3.33. The van der Waals surface area contributed by atoms with Crippen LogP contribution in [0, 0.1) is 11.7 Å². The van der Waals surface area contributed by atoms with Crippen molar-refractivity contribution in [2.24, 2.45) is 5.92 Å². The minimum Gasteiger partial charge on any atom is -0.387 e. The molecule has 1 atom stereocenters. The lowest BCUT2D eigenvalue weighted by Crippen LogP contribution is -2.37. The van der Waals surface area contributed by atoms with E-state index in [0.717, 1.165) is 32.5 Å². The molecule has 0 saturated carbocycles. The zero-order valence-corrected chi connectivity index (χ0v) is 12.6. The average molecular weight is 303 g/mol. The summed E-state index contributed by atoms with van der Waals surface area (Å²) in [6, 6.07) is 8.41. The molecule has 5 heteroatoms. The zero-order chi connectivity index (χ0) is 15.4. The Morgan fingerprint density at radius 1 is 1.23 bits per heavy atom. The van der Waals surface area contributed by atoms with Crippen LogP contribution in [0.2, 0.25) is 0 Å². The zero-order valence-electron chi connectivity index (χ0n) is 12.6. The molecule has 0 spiro atoms. The maximum Gasteiger partial charge on any atom is 0.129 e. The van der Waals surface area contributed by atoms with Gasteiger partial charge in [-0.15, -0.1) is 0 Å². The molecule has 1 aromatic carbocycles. The van der Waals surface area contributed by atoms with Gasteiger partial charge in [0.15, 0.2) is 0 Å². The molecular formula is C17H22FN3O. The van der Waals surface area contributed by atoms with Crippen LogP contribution in [0.25, 0.3) is 0 Å². The lowest BCUT2D eigenvalue weighted by atomic mass is 9.96. The Hall–Kier alpha value is -1.72. The highest BCUT2D eigenvalue weighted by atomic mass is 19.1. The molecule has 1 saturated heterocycles. The van der Waals surface area contributed by atoms with E-state index >= 15 is 0 Å². The van der Waals surface area contributed by atoms with Crippen molar-refractivity contribution in [2.45, 2.75) is 25.5 Å². The molecule has 1 N–H and O–H groups in total. The van der Waals surface area contributed by atoms with Gasteiger partial charge in [-0.25, -0.2) is 4.39 Å². The van der Waals surface area contributed by atoms with Crippen LogP contribution in [0.3, 0.4) is 0 Å². The first-order chi connectivity index (χ1) is 10.7. The number of aliphatic hydroxyl groups is 1. The minimum atomic E-state index is -0.760. The fraction of sp³-hybridized carbons (Fsp3) is 0.471. The van der Waals surface area contributed by atoms with E-state index in [4.69, 9.17) is 0 Å². The Kier molecular flexibility index (Phi) is 4.85. The van der Waals surface area contributed by atoms with Crippen LogP contribution < -0.4 is 0 Å². The summed E-state index contributed by atoms with van der Waals surface area (Å²) < 4.78 is 15.7. The third-order valence-electron chi connectivity index (χ3n) is 4.41. The smallest absolute Gasteiger partial charge is 0.129 e. The number of nitrogens with zero attached hydrogens (tertiary/aromatic N) is 3. The predicted octanol–water partition coefficient (Wildman–Crippen LogP) is 2.47. The third kappa shape index (κ3) is 3.72. The number of aliphatic hydroxyl groups excluding tert-OH is 1. The molecule has 0 amide bonds. The number of β-amino-alcohol motifs (C(OH)–C–C–N with tert-alkyl or cyclic N) is 1. The molecule has 4 nitrogen and oxygen atoms in total. The summed E-state index contributed by atoms with van der Waals surface area (Å²) in [6.07, 6.45) is 5.21. The quantitative estimate of drug-likeness (QED) is 0.922. The van der Waals surface area contributed by atoms with Crippen LogP contribution in [0.4, 0.5) is 4.39 Å². The topological polar surface area (TPSA) is 41.3 Å². The SMILES string of the molecule is OC(CN1CCC(Cn2cccn2)CC1)c1ccccc1F. The van der Waals surface area contributed by atoms with Crippen molar-refractivity contribution in [1.82, 2.24) is 14.7 Å². The molecule has 1 unspecified atom stereocenters. The Morgan fingerprint density at radius 2 is 2.00 bits per heavy atom. The number of hydrogen-bond acceptors (Lipinski definition) is 3. The highest BCUT2D eigenvalue weighted by molar-refractivity contribution is 5.20. The molecule has 1 aliphatic heterocycles. The van der Waals surface area contributed by atoms with Gasteiger partial charge in [0.05, 0.1) is 6.10 Å². The summed E-state index contributed by atoms with van der Waals surface area (Å²) in [5.74, 6) is 0.297. The third-order valence-corrected chi connectivity index (χ3v) is 4.41. The second-order valence-corrected chi connectivity index (χ2v) is 6.01. The number of rotatable bonds is 5. The summed E-state index contributed by atoms with van der Waals surface area (Å²) in [4.78, 5) is 2.22. The first-order valence-electron chi connectivity index (χ1n) is 7.84. The van der Waals surface area contributed by atoms with Gasteiger partial charge in [-0.3, -0.25) is 4.68 Å². The number of likely N-dealkylation sites (tertiary alicyclic amines) is 1. The van der Waals surface area contributed by atoms with Crippen LogP contribution >= 0.6 is 0 Å². The van der Waals surface area contributed by atoms with Gasteiger partial charge >= 0.3 is 0 Å². The van der Waals surface area contributed by atoms with Crippen molar-refractivity contribution in [2.75, 3.05) is 19.6 Å². The number of piperidine rings is 1. The van der Waals surface area contributed by atoms with Crippen LogP contribution in [0.1, 0.15) is 24.5 Å². The predicted molar refractivity (Wildman–Crippen MR) is 82.8 cm³/mol. The van der Waals surface area contributed by atoms with Crippen LogP contribution in [0.15, 0.2) is 42.7 Å². The Balaban J connectivity index is 1.48. The Labute approximate surface area is 130 Å². The van der Waals surface area contributed by atoms with Crippen molar-refractivity contribution in [3.05, 3.63) is 54.1 Å². The molecule has 2 aromatic rings. The van der Waals surface area contributed by atoms with Gasteiger partial charge in [0.2, 0.25) is 0 Å². The van der Waals surface area contributed by atoms with E-state index in [1.807, 2.05) is 16.9 Å². The lowest BCUT2D eigenvalue weighted by Gasteiger charge is -2.33. The molecule has 22 heavy (non-hydrogen) atoms. The van der Waals surface area contributed by atoms with Crippen LogP contribution in [-0.4, -0.2) is 39.4 Å². The summed E-state index contributed by atoms with van der Waals surface area (Å²) >= 11 is 0. The fourth-order valence-corrected chi connectivity index (χ4v) is 3.11. The van der Waals surface area contributed by atoms with Crippen LogP contribution in [0.5, 0.6) is 0 Å². The summed E-state index contributed by atoms with van der Waals surface area (Å²) in [5, 5.41) is 14.5. The lowest BCUT2D eigenvalue weighted by molar-refractivity contribution is 0.0839. The molecule has 118 valence electrons. The van der Waals surface area contributed by atoms with E-state index in [-0.39, 0.29) is 5.82 Å². The molecule has 0 aliphatic carbocycles. The first kappa shape index (κ1) is 15.2. The Morgan fingerprint density at radius 3 is 2.68 bits per heavy atom. The van der Waals surface area contributed by atoms with Gasteiger partial charge in [-0.2, -0.15) is 5.10 Å². The molecular weight excluding hydrogens is 281 g/mol. The first-order valence-corrected chi connectivity index (χ1v) is 7.84.